The van der Waals surface area contributed by atoms with Crippen molar-refractivity contribution in [2.24, 2.45) is 0 Å². The second kappa shape index (κ2) is 6.50. The topological polar surface area (TPSA) is 33.3 Å². The van der Waals surface area contributed by atoms with Gasteiger partial charge in [0.05, 0.1) is 17.6 Å². The summed E-state index contributed by atoms with van der Waals surface area (Å²) in [6.45, 7) is 1.96. The van der Waals surface area contributed by atoms with Crippen LogP contribution in [0.3, 0.4) is 0 Å². The maximum Gasteiger partial charge on any atom is 0.135 e. The zero-order valence-electron chi connectivity index (χ0n) is 12.0. The number of fused-ring (bicyclic) bond motifs is 1. The lowest BCUT2D eigenvalue weighted by Gasteiger charge is -2.21. The van der Waals surface area contributed by atoms with Crippen LogP contribution in [0.15, 0.2) is 46.9 Å². The summed E-state index contributed by atoms with van der Waals surface area (Å²) in [5.41, 5.74) is 3.83. The Balaban J connectivity index is 1.87. The first-order chi connectivity index (χ1) is 10.3. The molecule has 2 aromatic rings. The summed E-state index contributed by atoms with van der Waals surface area (Å²) >= 11 is 3.49. The number of benzene rings is 2. The predicted octanol–water partition coefficient (Wildman–Crippen LogP) is 4.10. The summed E-state index contributed by atoms with van der Waals surface area (Å²) in [4.78, 5) is 0. The molecule has 0 saturated carbocycles. The van der Waals surface area contributed by atoms with Crippen molar-refractivity contribution >= 4 is 21.6 Å². The molecular weight excluding hydrogens is 328 g/mol. The third kappa shape index (κ3) is 3.22. The van der Waals surface area contributed by atoms with E-state index in [4.69, 9.17) is 4.74 Å². The van der Waals surface area contributed by atoms with E-state index in [0.717, 1.165) is 35.4 Å². The lowest BCUT2D eigenvalue weighted by atomic mass is 9.99. The van der Waals surface area contributed by atoms with Gasteiger partial charge in [0.1, 0.15) is 5.75 Å². The van der Waals surface area contributed by atoms with Crippen LogP contribution in [0.1, 0.15) is 23.6 Å². The predicted molar refractivity (Wildman–Crippen MR) is 89.8 cm³/mol. The zero-order chi connectivity index (χ0) is 14.7. The van der Waals surface area contributed by atoms with E-state index < -0.39 is 0 Å². The minimum absolute atomic E-state index is 0.321. The van der Waals surface area contributed by atoms with Gasteiger partial charge in [-0.1, -0.05) is 24.3 Å². The van der Waals surface area contributed by atoms with Crippen LogP contribution in [-0.4, -0.2) is 13.7 Å². The summed E-state index contributed by atoms with van der Waals surface area (Å²) in [7, 11) is 1.69. The molecular formula is C17H19BrN2O. The Labute approximate surface area is 133 Å². The van der Waals surface area contributed by atoms with Crippen molar-refractivity contribution < 1.29 is 4.74 Å². The molecule has 0 bridgehead atoms. The molecule has 4 heteroatoms. The van der Waals surface area contributed by atoms with Gasteiger partial charge in [-0.25, -0.2) is 0 Å². The molecule has 21 heavy (non-hydrogen) atoms. The van der Waals surface area contributed by atoms with Crippen molar-refractivity contribution in [3.05, 3.63) is 58.1 Å². The maximum absolute atomic E-state index is 5.37. The smallest absolute Gasteiger partial charge is 0.135 e. The number of hydrogen-bond donors (Lipinski definition) is 2. The molecule has 1 aliphatic heterocycles. The molecule has 0 spiro atoms. The molecule has 0 aromatic heterocycles. The Hall–Kier alpha value is -1.52. The Morgan fingerprint density at radius 1 is 1.24 bits per heavy atom. The lowest BCUT2D eigenvalue weighted by molar-refractivity contribution is 0.412. The van der Waals surface area contributed by atoms with Crippen LogP contribution in [0.5, 0.6) is 5.75 Å². The Kier molecular flexibility index (Phi) is 4.46. The highest BCUT2D eigenvalue weighted by molar-refractivity contribution is 9.10. The van der Waals surface area contributed by atoms with Crippen molar-refractivity contribution in [1.29, 1.82) is 0 Å². The normalized spacial score (nSPS) is 17.7. The van der Waals surface area contributed by atoms with Gasteiger partial charge >= 0.3 is 0 Å². The summed E-state index contributed by atoms with van der Waals surface area (Å²) in [6.07, 6.45) is 1.06. The summed E-state index contributed by atoms with van der Waals surface area (Å²) in [6, 6.07) is 15.1. The van der Waals surface area contributed by atoms with Crippen LogP contribution in [0.25, 0.3) is 0 Å². The number of hydrogen-bond acceptors (Lipinski definition) is 3. The first-order valence-electron chi connectivity index (χ1n) is 7.16. The number of methoxy groups -OCH3 is 1. The highest BCUT2D eigenvalue weighted by atomic mass is 79.9. The van der Waals surface area contributed by atoms with Crippen LogP contribution >= 0.6 is 15.9 Å². The second-order valence-electron chi connectivity index (χ2n) is 5.21. The average molecular weight is 347 g/mol. The van der Waals surface area contributed by atoms with Crippen molar-refractivity contribution in [2.45, 2.75) is 19.0 Å². The van der Waals surface area contributed by atoms with Crippen LogP contribution in [0.4, 0.5) is 5.69 Å². The Bertz CT molecular complexity index is 630. The fraction of sp³-hybridized carbons (Fsp3) is 0.294. The van der Waals surface area contributed by atoms with Gasteiger partial charge in [-0.2, -0.15) is 0 Å². The standard InChI is InChI=1S/C17H19BrN2O/c1-21-17-10-13(6-7-15(17)18)20-16-8-9-19-11-12-4-2-3-5-14(12)16/h2-7,10,16,19-20H,8-9,11H2,1H3. The number of halogens is 1. The molecule has 0 saturated heterocycles. The van der Waals surface area contributed by atoms with E-state index in [9.17, 15) is 0 Å². The molecule has 1 aliphatic rings. The molecule has 1 heterocycles. The van der Waals surface area contributed by atoms with Gasteiger partial charge in [0, 0.05) is 18.3 Å². The third-order valence-corrected chi connectivity index (χ3v) is 4.50. The minimum atomic E-state index is 0.321. The van der Waals surface area contributed by atoms with E-state index in [0.29, 0.717) is 6.04 Å². The average Bonchev–Trinajstić information content (AvgIpc) is 2.72. The largest absolute Gasteiger partial charge is 0.495 e. The fourth-order valence-corrected chi connectivity index (χ4v) is 3.17. The van der Waals surface area contributed by atoms with E-state index in [1.165, 1.54) is 11.1 Å². The van der Waals surface area contributed by atoms with E-state index >= 15 is 0 Å². The van der Waals surface area contributed by atoms with E-state index in [-0.39, 0.29) is 0 Å². The molecule has 0 aliphatic carbocycles. The van der Waals surface area contributed by atoms with Crippen LogP contribution in [-0.2, 0) is 6.54 Å². The fourth-order valence-electron chi connectivity index (χ4n) is 2.76. The zero-order valence-corrected chi connectivity index (χ0v) is 13.6. The molecule has 1 atom stereocenters. The molecule has 1 unspecified atom stereocenters. The summed E-state index contributed by atoms with van der Waals surface area (Å²) in [5.74, 6) is 0.847. The Morgan fingerprint density at radius 3 is 2.95 bits per heavy atom. The SMILES string of the molecule is COc1cc(NC2CCNCc3ccccc32)ccc1Br. The maximum atomic E-state index is 5.37. The van der Waals surface area contributed by atoms with Gasteiger partial charge in [-0.05, 0) is 52.2 Å². The first-order valence-corrected chi connectivity index (χ1v) is 7.96. The highest BCUT2D eigenvalue weighted by Crippen LogP contribution is 2.32. The van der Waals surface area contributed by atoms with Gasteiger partial charge in [0.15, 0.2) is 0 Å². The number of anilines is 1. The van der Waals surface area contributed by atoms with E-state index in [1.807, 2.05) is 12.1 Å². The van der Waals surface area contributed by atoms with Gasteiger partial charge in [0.2, 0.25) is 0 Å². The first kappa shape index (κ1) is 14.4. The van der Waals surface area contributed by atoms with Crippen LogP contribution in [0, 0.1) is 0 Å². The van der Waals surface area contributed by atoms with Gasteiger partial charge in [0.25, 0.3) is 0 Å². The molecule has 0 radical (unpaired) electrons. The van der Waals surface area contributed by atoms with Gasteiger partial charge in [-0.3, -0.25) is 0 Å². The lowest BCUT2D eigenvalue weighted by Crippen LogP contribution is -2.15. The van der Waals surface area contributed by atoms with Crippen molar-refractivity contribution in [1.82, 2.24) is 5.32 Å². The number of ether oxygens (including phenoxy) is 1. The molecule has 110 valence electrons. The molecule has 2 N–H and O–H groups in total. The van der Waals surface area contributed by atoms with Crippen LogP contribution in [0.2, 0.25) is 0 Å². The van der Waals surface area contributed by atoms with E-state index in [2.05, 4.69) is 56.9 Å². The van der Waals surface area contributed by atoms with E-state index in [1.54, 1.807) is 7.11 Å². The number of nitrogens with one attached hydrogen (secondary N) is 2. The quantitative estimate of drug-likeness (QED) is 0.877. The summed E-state index contributed by atoms with van der Waals surface area (Å²) < 4.78 is 6.34. The number of rotatable bonds is 3. The van der Waals surface area contributed by atoms with Crippen molar-refractivity contribution in [2.75, 3.05) is 19.0 Å². The molecule has 3 nitrogen and oxygen atoms in total. The summed E-state index contributed by atoms with van der Waals surface area (Å²) in [5, 5.41) is 7.12. The molecule has 0 amide bonds. The van der Waals surface area contributed by atoms with Crippen LogP contribution < -0.4 is 15.4 Å². The molecule has 0 fully saturated rings. The minimum Gasteiger partial charge on any atom is -0.495 e. The highest BCUT2D eigenvalue weighted by Gasteiger charge is 2.18. The van der Waals surface area contributed by atoms with Gasteiger partial charge < -0.3 is 15.4 Å². The van der Waals surface area contributed by atoms with Crippen molar-refractivity contribution in [3.8, 4) is 5.75 Å². The van der Waals surface area contributed by atoms with Crippen molar-refractivity contribution in [3.63, 3.8) is 0 Å². The third-order valence-electron chi connectivity index (χ3n) is 3.85. The van der Waals surface area contributed by atoms with Gasteiger partial charge in [-0.15, -0.1) is 0 Å². The monoisotopic (exact) mass is 346 g/mol. The second-order valence-corrected chi connectivity index (χ2v) is 6.06. The molecule has 2 aromatic carbocycles. The molecule has 3 rings (SSSR count). The Morgan fingerprint density at radius 2 is 2.10 bits per heavy atom.